The summed E-state index contributed by atoms with van der Waals surface area (Å²) in [7, 11) is 1.54. The van der Waals surface area contributed by atoms with Crippen molar-refractivity contribution in [3.05, 3.63) is 53.6 Å². The van der Waals surface area contributed by atoms with Crippen LogP contribution in [-0.2, 0) is 6.42 Å². The Morgan fingerprint density at radius 3 is 2.59 bits per heavy atom. The summed E-state index contributed by atoms with van der Waals surface area (Å²) in [6, 6.07) is 12.1. The molecule has 0 aliphatic rings. The second kappa shape index (κ2) is 7.47. The van der Waals surface area contributed by atoms with Gasteiger partial charge in [-0.05, 0) is 48.9 Å². The Morgan fingerprint density at radius 1 is 1.23 bits per heavy atom. The van der Waals surface area contributed by atoms with Gasteiger partial charge < -0.3 is 20.9 Å². The molecule has 0 radical (unpaired) electrons. The van der Waals surface area contributed by atoms with Crippen molar-refractivity contribution < 1.29 is 14.6 Å². The van der Waals surface area contributed by atoms with Crippen molar-refractivity contribution in [1.29, 1.82) is 0 Å². The van der Waals surface area contributed by atoms with E-state index in [9.17, 15) is 9.90 Å². The molecule has 0 bridgehead atoms. The topological polar surface area (TPSA) is 84.6 Å². The molecule has 0 atom stereocenters. The number of carbonyl (C=O) groups is 1. The first-order valence-corrected chi connectivity index (χ1v) is 7.05. The third-order valence-electron chi connectivity index (χ3n) is 3.36. The largest absolute Gasteiger partial charge is 0.508 e. The fourth-order valence-electron chi connectivity index (χ4n) is 2.11. The van der Waals surface area contributed by atoms with Gasteiger partial charge in [-0.3, -0.25) is 4.79 Å². The van der Waals surface area contributed by atoms with Gasteiger partial charge in [0.05, 0.1) is 19.3 Å². The van der Waals surface area contributed by atoms with E-state index >= 15 is 0 Å². The minimum atomic E-state index is -0.0138. The Balaban J connectivity index is 1.80. The number of carbonyl (C=O) groups excluding carboxylic acids is 1. The summed E-state index contributed by atoms with van der Waals surface area (Å²) in [5.74, 6) is 0.806. The Hall–Kier alpha value is -2.53. The van der Waals surface area contributed by atoms with Crippen LogP contribution in [0, 0.1) is 0 Å². The van der Waals surface area contributed by atoms with E-state index in [4.69, 9.17) is 10.5 Å². The summed E-state index contributed by atoms with van der Waals surface area (Å²) in [6.07, 6.45) is 0.790. The molecule has 0 aliphatic carbocycles. The van der Waals surface area contributed by atoms with Crippen molar-refractivity contribution in [2.75, 3.05) is 25.9 Å². The molecular formula is C17H20N2O3. The Kier molecular flexibility index (Phi) is 5.38. The fraction of sp³-hybridized carbons (Fsp3) is 0.235. The minimum Gasteiger partial charge on any atom is -0.508 e. The molecule has 5 heteroatoms. The van der Waals surface area contributed by atoms with Crippen LogP contribution in [0.4, 0.5) is 5.69 Å². The summed E-state index contributed by atoms with van der Waals surface area (Å²) in [5, 5.41) is 12.3. The normalized spacial score (nSPS) is 10.4. The second-order valence-corrected chi connectivity index (χ2v) is 4.97. The van der Waals surface area contributed by atoms with Crippen LogP contribution in [0.2, 0.25) is 0 Å². The number of hydrogen-bond acceptors (Lipinski definition) is 5. The molecule has 2 rings (SSSR count). The quantitative estimate of drug-likeness (QED) is 0.414. The fourth-order valence-corrected chi connectivity index (χ4v) is 2.11. The predicted octanol–water partition coefficient (Wildman–Crippen LogP) is 2.00. The van der Waals surface area contributed by atoms with Gasteiger partial charge in [-0.15, -0.1) is 0 Å². The molecule has 0 fully saturated rings. The summed E-state index contributed by atoms with van der Waals surface area (Å²) < 4.78 is 5.07. The predicted molar refractivity (Wildman–Crippen MR) is 86.4 cm³/mol. The van der Waals surface area contributed by atoms with Gasteiger partial charge in [0.2, 0.25) is 0 Å². The molecule has 22 heavy (non-hydrogen) atoms. The molecule has 5 nitrogen and oxygen atoms in total. The molecule has 116 valence electrons. The average molecular weight is 300 g/mol. The lowest BCUT2D eigenvalue weighted by atomic mass is 10.1. The number of benzene rings is 2. The summed E-state index contributed by atoms with van der Waals surface area (Å²) >= 11 is 0. The third-order valence-corrected chi connectivity index (χ3v) is 3.36. The number of phenolic OH excluding ortho intramolecular Hbond substituents is 1. The van der Waals surface area contributed by atoms with E-state index in [-0.39, 0.29) is 18.1 Å². The van der Waals surface area contributed by atoms with Crippen LogP contribution in [0.3, 0.4) is 0 Å². The molecule has 0 saturated heterocycles. The van der Waals surface area contributed by atoms with Crippen molar-refractivity contribution in [3.8, 4) is 11.5 Å². The first kappa shape index (κ1) is 15.9. The lowest BCUT2D eigenvalue weighted by molar-refractivity contribution is 0.0991. The van der Waals surface area contributed by atoms with E-state index < -0.39 is 0 Å². The maximum atomic E-state index is 12.1. The van der Waals surface area contributed by atoms with Crippen LogP contribution in [0.1, 0.15) is 15.9 Å². The number of hydrogen-bond donors (Lipinski definition) is 3. The standard InChI is InChI=1S/C17H20N2O3/c1-22-17-7-4-13(10-15(17)18)16(21)11-19-9-8-12-2-5-14(20)6-3-12/h2-7,10,19-20H,8-9,11,18H2,1H3. The molecule has 2 aromatic carbocycles. The first-order chi connectivity index (χ1) is 10.6. The van der Waals surface area contributed by atoms with Gasteiger partial charge in [0.1, 0.15) is 11.5 Å². The number of Topliss-reactive ketones (excluding diaryl/α,β-unsaturated/α-hetero) is 1. The molecule has 0 saturated carbocycles. The number of rotatable bonds is 7. The number of methoxy groups -OCH3 is 1. The van der Waals surface area contributed by atoms with Gasteiger partial charge >= 0.3 is 0 Å². The summed E-state index contributed by atoms with van der Waals surface area (Å²) in [4.78, 5) is 12.1. The van der Waals surface area contributed by atoms with Crippen LogP contribution < -0.4 is 15.8 Å². The maximum absolute atomic E-state index is 12.1. The number of nitrogens with one attached hydrogen (secondary N) is 1. The zero-order chi connectivity index (χ0) is 15.9. The lowest BCUT2D eigenvalue weighted by Gasteiger charge is -2.08. The van der Waals surface area contributed by atoms with Crippen LogP contribution in [-0.4, -0.2) is 31.1 Å². The van der Waals surface area contributed by atoms with E-state index in [1.54, 1.807) is 30.3 Å². The highest BCUT2D eigenvalue weighted by molar-refractivity contribution is 5.98. The summed E-state index contributed by atoms with van der Waals surface area (Å²) in [6.45, 7) is 0.937. The molecule has 0 unspecified atom stereocenters. The molecule has 0 aromatic heterocycles. The summed E-state index contributed by atoms with van der Waals surface area (Å²) in [5.41, 5.74) is 7.92. The number of nitrogen functional groups attached to an aromatic ring is 1. The minimum absolute atomic E-state index is 0.0138. The Bertz CT molecular complexity index is 639. The van der Waals surface area contributed by atoms with Crippen LogP contribution in [0.5, 0.6) is 11.5 Å². The van der Waals surface area contributed by atoms with Gasteiger partial charge in [-0.1, -0.05) is 12.1 Å². The molecule has 4 N–H and O–H groups in total. The molecular weight excluding hydrogens is 280 g/mol. The number of phenols is 1. The van der Waals surface area contributed by atoms with E-state index in [0.29, 0.717) is 23.5 Å². The van der Waals surface area contributed by atoms with E-state index in [0.717, 1.165) is 12.0 Å². The van der Waals surface area contributed by atoms with Crippen molar-refractivity contribution in [3.63, 3.8) is 0 Å². The Labute approximate surface area is 129 Å². The zero-order valence-electron chi connectivity index (χ0n) is 12.5. The second-order valence-electron chi connectivity index (χ2n) is 4.97. The number of nitrogens with two attached hydrogens (primary N) is 1. The van der Waals surface area contributed by atoms with Crippen LogP contribution >= 0.6 is 0 Å². The lowest BCUT2D eigenvalue weighted by Crippen LogP contribution is -2.25. The van der Waals surface area contributed by atoms with E-state index in [1.165, 1.54) is 7.11 Å². The van der Waals surface area contributed by atoms with Crippen molar-refractivity contribution in [2.45, 2.75) is 6.42 Å². The SMILES string of the molecule is COc1ccc(C(=O)CNCCc2ccc(O)cc2)cc1N. The van der Waals surface area contributed by atoms with Crippen molar-refractivity contribution >= 4 is 11.5 Å². The van der Waals surface area contributed by atoms with Gasteiger partial charge in [-0.25, -0.2) is 0 Å². The highest BCUT2D eigenvalue weighted by atomic mass is 16.5. The smallest absolute Gasteiger partial charge is 0.176 e. The highest BCUT2D eigenvalue weighted by Gasteiger charge is 2.08. The van der Waals surface area contributed by atoms with Crippen LogP contribution in [0.15, 0.2) is 42.5 Å². The number of ketones is 1. The van der Waals surface area contributed by atoms with Gasteiger partial charge in [0.15, 0.2) is 5.78 Å². The number of aromatic hydroxyl groups is 1. The monoisotopic (exact) mass is 300 g/mol. The first-order valence-electron chi connectivity index (χ1n) is 7.05. The molecule has 0 aliphatic heterocycles. The molecule has 0 heterocycles. The third kappa shape index (κ3) is 4.23. The van der Waals surface area contributed by atoms with Gasteiger partial charge in [0, 0.05) is 5.56 Å². The van der Waals surface area contributed by atoms with Crippen LogP contribution in [0.25, 0.3) is 0 Å². The Morgan fingerprint density at radius 2 is 1.95 bits per heavy atom. The zero-order valence-corrected chi connectivity index (χ0v) is 12.5. The number of anilines is 1. The molecule has 0 spiro atoms. The number of ether oxygens (including phenoxy) is 1. The maximum Gasteiger partial charge on any atom is 0.176 e. The van der Waals surface area contributed by atoms with Crippen molar-refractivity contribution in [1.82, 2.24) is 5.32 Å². The molecule has 0 amide bonds. The van der Waals surface area contributed by atoms with Gasteiger partial charge in [0.25, 0.3) is 0 Å². The van der Waals surface area contributed by atoms with Crippen molar-refractivity contribution in [2.24, 2.45) is 0 Å². The highest BCUT2D eigenvalue weighted by Crippen LogP contribution is 2.21. The van der Waals surface area contributed by atoms with Gasteiger partial charge in [-0.2, -0.15) is 0 Å². The molecule has 2 aromatic rings. The average Bonchev–Trinajstić information content (AvgIpc) is 2.53. The van der Waals surface area contributed by atoms with E-state index in [1.807, 2.05) is 12.1 Å². The van der Waals surface area contributed by atoms with E-state index in [2.05, 4.69) is 5.32 Å².